The summed E-state index contributed by atoms with van der Waals surface area (Å²) in [5, 5.41) is 14.0. The number of carboxylic acid groups (broad SMARTS) is 1. The number of nitrogens with zero attached hydrogens (tertiary/aromatic N) is 3. The van der Waals surface area contributed by atoms with E-state index < -0.39 is 11.5 Å². The Balaban J connectivity index is 1.46. The van der Waals surface area contributed by atoms with E-state index in [0.717, 1.165) is 31.0 Å². The average molecular weight is 351 g/mol. The van der Waals surface area contributed by atoms with E-state index in [1.165, 1.54) is 5.56 Å². The first kappa shape index (κ1) is 16.6. The number of rotatable bonds is 5. The van der Waals surface area contributed by atoms with Gasteiger partial charge >= 0.3 is 5.97 Å². The first-order valence-corrected chi connectivity index (χ1v) is 8.76. The number of hydrogen-bond acceptors (Lipinski definition) is 4. The van der Waals surface area contributed by atoms with Crippen molar-refractivity contribution < 1.29 is 14.3 Å². The van der Waals surface area contributed by atoms with Crippen molar-refractivity contribution in [2.24, 2.45) is 0 Å². The zero-order chi connectivity index (χ0) is 18.0. The average Bonchev–Trinajstić information content (AvgIpc) is 3.37. The van der Waals surface area contributed by atoms with E-state index in [2.05, 4.69) is 22.1 Å². The van der Waals surface area contributed by atoms with Crippen molar-refractivity contribution >= 4 is 5.97 Å². The third-order valence-electron chi connectivity index (χ3n) is 5.16. The highest BCUT2D eigenvalue weighted by atomic mass is 16.4. The molecule has 3 aromatic rings. The molecule has 1 aliphatic heterocycles. The molecule has 0 atom stereocenters. The topological polar surface area (TPSA) is 71.5 Å². The van der Waals surface area contributed by atoms with Crippen LogP contribution in [0.15, 0.2) is 65.5 Å². The molecule has 0 saturated carbocycles. The van der Waals surface area contributed by atoms with Crippen LogP contribution in [0.3, 0.4) is 0 Å². The second-order valence-corrected chi connectivity index (χ2v) is 6.74. The lowest BCUT2D eigenvalue weighted by molar-refractivity contribution is -0.151. The van der Waals surface area contributed by atoms with Crippen molar-refractivity contribution in [2.45, 2.75) is 24.9 Å². The van der Waals surface area contributed by atoms with Gasteiger partial charge in [0.05, 0.1) is 6.26 Å². The summed E-state index contributed by atoms with van der Waals surface area (Å²) in [5.41, 5.74) is 1.32. The molecule has 0 spiro atoms. The van der Waals surface area contributed by atoms with Crippen LogP contribution in [0.4, 0.5) is 0 Å². The molecule has 0 radical (unpaired) electrons. The van der Waals surface area contributed by atoms with Crippen LogP contribution in [0.1, 0.15) is 18.4 Å². The first-order chi connectivity index (χ1) is 12.7. The van der Waals surface area contributed by atoms with E-state index in [0.29, 0.717) is 12.8 Å². The van der Waals surface area contributed by atoms with E-state index in [9.17, 15) is 9.90 Å². The van der Waals surface area contributed by atoms with Crippen LogP contribution < -0.4 is 0 Å². The second-order valence-electron chi connectivity index (χ2n) is 6.74. The van der Waals surface area contributed by atoms with Crippen LogP contribution in [-0.2, 0) is 16.9 Å². The fourth-order valence-electron chi connectivity index (χ4n) is 3.67. The van der Waals surface area contributed by atoms with Crippen molar-refractivity contribution in [3.63, 3.8) is 0 Å². The highest BCUT2D eigenvalue weighted by Gasteiger charge is 2.43. The zero-order valence-electron chi connectivity index (χ0n) is 14.4. The molecule has 6 heteroatoms. The lowest BCUT2D eigenvalue weighted by atomic mass is 9.87. The number of carbonyl (C=O) groups is 1. The van der Waals surface area contributed by atoms with E-state index in [1.54, 1.807) is 29.4 Å². The van der Waals surface area contributed by atoms with Gasteiger partial charge in [-0.05, 0) is 42.7 Å². The Kier molecular flexibility index (Phi) is 4.34. The van der Waals surface area contributed by atoms with Crippen LogP contribution in [0.2, 0.25) is 0 Å². The molecule has 1 aliphatic rings. The van der Waals surface area contributed by atoms with Gasteiger partial charge in [-0.3, -0.25) is 9.58 Å². The summed E-state index contributed by atoms with van der Waals surface area (Å²) in [6, 6.07) is 13.9. The summed E-state index contributed by atoms with van der Waals surface area (Å²) >= 11 is 0. The third kappa shape index (κ3) is 3.04. The number of furan rings is 1. The largest absolute Gasteiger partial charge is 0.479 e. The van der Waals surface area contributed by atoms with Crippen molar-refractivity contribution in [1.29, 1.82) is 0 Å². The van der Waals surface area contributed by atoms with Gasteiger partial charge in [0.2, 0.25) is 0 Å². The number of benzene rings is 1. The molecule has 26 heavy (non-hydrogen) atoms. The number of likely N-dealkylation sites (tertiary alicyclic amines) is 1. The van der Waals surface area contributed by atoms with E-state index in [1.807, 2.05) is 24.3 Å². The van der Waals surface area contributed by atoms with Gasteiger partial charge in [-0.2, -0.15) is 5.10 Å². The van der Waals surface area contributed by atoms with Crippen molar-refractivity contribution in [1.82, 2.24) is 14.7 Å². The molecule has 0 amide bonds. The number of aromatic nitrogens is 2. The first-order valence-electron chi connectivity index (χ1n) is 8.76. The molecule has 4 rings (SSSR count). The summed E-state index contributed by atoms with van der Waals surface area (Å²) in [6.45, 7) is 2.23. The maximum Gasteiger partial charge on any atom is 0.331 e. The molecule has 1 saturated heterocycles. The van der Waals surface area contributed by atoms with Gasteiger partial charge in [0.25, 0.3) is 0 Å². The zero-order valence-corrected chi connectivity index (χ0v) is 14.4. The second kappa shape index (κ2) is 6.80. The summed E-state index contributed by atoms with van der Waals surface area (Å²) < 4.78 is 7.07. The smallest absolute Gasteiger partial charge is 0.331 e. The molecular formula is C20H21N3O3. The standard InChI is InChI=1S/C20H21N3O3/c24-19(25)20(23-10-3-9-21-23)7-11-22(12-8-20)15-16-4-1-5-17(14-16)18-6-2-13-26-18/h1-6,9-10,13-14H,7-8,11-12,15H2,(H,24,25). The third-order valence-corrected chi connectivity index (χ3v) is 5.16. The van der Waals surface area contributed by atoms with Gasteiger partial charge in [0.1, 0.15) is 5.76 Å². The number of piperidine rings is 1. The molecule has 134 valence electrons. The summed E-state index contributed by atoms with van der Waals surface area (Å²) in [6.07, 6.45) is 6.14. The van der Waals surface area contributed by atoms with E-state index >= 15 is 0 Å². The minimum absolute atomic E-state index is 0.544. The monoisotopic (exact) mass is 351 g/mol. The molecule has 0 unspecified atom stereocenters. The Morgan fingerprint density at radius 2 is 2.04 bits per heavy atom. The Morgan fingerprint density at radius 1 is 1.19 bits per heavy atom. The summed E-state index contributed by atoms with van der Waals surface area (Å²) in [7, 11) is 0. The predicted molar refractivity (Wildman–Crippen MR) is 96.5 cm³/mol. The minimum Gasteiger partial charge on any atom is -0.479 e. The fourth-order valence-corrected chi connectivity index (χ4v) is 3.67. The number of hydrogen-bond donors (Lipinski definition) is 1. The fraction of sp³-hybridized carbons (Fsp3) is 0.300. The Bertz CT molecular complexity index is 864. The highest BCUT2D eigenvalue weighted by molar-refractivity contribution is 5.76. The van der Waals surface area contributed by atoms with Crippen LogP contribution in [0.5, 0.6) is 0 Å². The van der Waals surface area contributed by atoms with Gasteiger partial charge in [-0.1, -0.05) is 18.2 Å². The maximum atomic E-state index is 11.9. The highest BCUT2D eigenvalue weighted by Crippen LogP contribution is 2.31. The number of aliphatic carboxylic acids is 1. The van der Waals surface area contributed by atoms with Crippen molar-refractivity contribution in [3.05, 3.63) is 66.7 Å². The molecule has 0 bridgehead atoms. The SMILES string of the molecule is O=C(O)C1(n2cccn2)CCN(Cc2cccc(-c3ccco3)c2)CC1. The van der Waals surface area contributed by atoms with Gasteiger partial charge < -0.3 is 9.52 Å². The van der Waals surface area contributed by atoms with Crippen molar-refractivity contribution in [2.75, 3.05) is 13.1 Å². The molecule has 1 aromatic carbocycles. The molecule has 1 fully saturated rings. The van der Waals surface area contributed by atoms with Crippen LogP contribution >= 0.6 is 0 Å². The predicted octanol–water partition coefficient (Wildman–Crippen LogP) is 3.22. The molecule has 1 N–H and O–H groups in total. The van der Waals surface area contributed by atoms with E-state index in [-0.39, 0.29) is 0 Å². The Morgan fingerprint density at radius 3 is 2.69 bits per heavy atom. The van der Waals surface area contributed by atoms with Gasteiger partial charge in [-0.15, -0.1) is 0 Å². The van der Waals surface area contributed by atoms with Gasteiger partial charge in [0.15, 0.2) is 5.54 Å². The lowest BCUT2D eigenvalue weighted by Gasteiger charge is -2.39. The summed E-state index contributed by atoms with van der Waals surface area (Å²) in [4.78, 5) is 14.2. The normalized spacial score (nSPS) is 17.2. The Labute approximate surface area is 151 Å². The van der Waals surface area contributed by atoms with Crippen molar-refractivity contribution in [3.8, 4) is 11.3 Å². The van der Waals surface area contributed by atoms with Crippen LogP contribution in [0, 0.1) is 0 Å². The molecule has 3 heterocycles. The van der Waals surface area contributed by atoms with E-state index in [4.69, 9.17) is 4.42 Å². The number of carboxylic acids is 1. The lowest BCUT2D eigenvalue weighted by Crippen LogP contribution is -2.51. The molecule has 0 aliphatic carbocycles. The molecular weight excluding hydrogens is 330 g/mol. The van der Waals surface area contributed by atoms with Crippen LogP contribution in [-0.4, -0.2) is 38.8 Å². The minimum atomic E-state index is -0.935. The molecule has 2 aromatic heterocycles. The maximum absolute atomic E-state index is 11.9. The molecule has 6 nitrogen and oxygen atoms in total. The quantitative estimate of drug-likeness (QED) is 0.764. The Hall–Kier alpha value is -2.86. The van der Waals surface area contributed by atoms with Gasteiger partial charge in [-0.25, -0.2) is 4.79 Å². The summed E-state index contributed by atoms with van der Waals surface area (Å²) in [5.74, 6) is 0.0507. The van der Waals surface area contributed by atoms with Crippen LogP contribution in [0.25, 0.3) is 11.3 Å². The van der Waals surface area contributed by atoms with Gasteiger partial charge in [0, 0.05) is 37.6 Å².